The molecule has 0 fully saturated rings. The molecule has 0 amide bonds. The molecule has 0 N–H and O–H groups in total. The zero-order chi connectivity index (χ0) is 11.5. The summed E-state index contributed by atoms with van der Waals surface area (Å²) in [4.78, 5) is 11.7. The Morgan fingerprint density at radius 3 is 3.06 bits per heavy atom. The minimum Gasteiger partial charge on any atom is -0.385 e. The van der Waals surface area contributed by atoms with Gasteiger partial charge in [-0.05, 0) is 32.3 Å². The molecule has 1 atom stereocenters. The van der Waals surface area contributed by atoms with Gasteiger partial charge in [0.2, 0.25) is 0 Å². The van der Waals surface area contributed by atoms with E-state index in [0.29, 0.717) is 18.2 Å². The van der Waals surface area contributed by atoms with Gasteiger partial charge in [0.05, 0.1) is 0 Å². The largest absolute Gasteiger partial charge is 0.385 e. The minimum atomic E-state index is 0.305. The van der Waals surface area contributed by atoms with Crippen LogP contribution in [0.25, 0.3) is 0 Å². The standard InChI is InChI=1S/C13H19NO2/c1-10(7-9-16-2)14-8-6-11-12(14)4-3-5-13(11)15/h6,8,10H,3-5,7,9H2,1-2H3. The Kier molecular flexibility index (Phi) is 3.44. The normalized spacial score (nSPS) is 17.2. The van der Waals surface area contributed by atoms with Gasteiger partial charge < -0.3 is 9.30 Å². The average Bonchev–Trinajstić information content (AvgIpc) is 2.71. The van der Waals surface area contributed by atoms with Crippen molar-refractivity contribution in [2.75, 3.05) is 13.7 Å². The molecule has 1 aromatic rings. The first-order chi connectivity index (χ1) is 7.74. The summed E-state index contributed by atoms with van der Waals surface area (Å²) in [7, 11) is 1.72. The van der Waals surface area contributed by atoms with Crippen LogP contribution in [-0.2, 0) is 11.2 Å². The summed E-state index contributed by atoms with van der Waals surface area (Å²) in [6.45, 7) is 2.94. The van der Waals surface area contributed by atoms with Crippen LogP contribution in [0.2, 0.25) is 0 Å². The van der Waals surface area contributed by atoms with Crippen molar-refractivity contribution in [1.82, 2.24) is 4.57 Å². The van der Waals surface area contributed by atoms with Gasteiger partial charge in [0.25, 0.3) is 0 Å². The highest BCUT2D eigenvalue weighted by Gasteiger charge is 2.21. The van der Waals surface area contributed by atoms with Crippen molar-refractivity contribution in [2.24, 2.45) is 0 Å². The Morgan fingerprint density at radius 2 is 2.31 bits per heavy atom. The fraction of sp³-hybridized carbons (Fsp3) is 0.615. The molecule has 1 heterocycles. The van der Waals surface area contributed by atoms with E-state index in [1.165, 1.54) is 5.69 Å². The number of hydrogen-bond donors (Lipinski definition) is 0. The van der Waals surface area contributed by atoms with Crippen LogP contribution in [0.3, 0.4) is 0 Å². The molecular weight excluding hydrogens is 202 g/mol. The van der Waals surface area contributed by atoms with Crippen molar-refractivity contribution in [1.29, 1.82) is 0 Å². The first kappa shape index (κ1) is 11.4. The predicted octanol–water partition coefficient (Wildman–Crippen LogP) is 2.60. The molecular formula is C13H19NO2. The van der Waals surface area contributed by atoms with Crippen molar-refractivity contribution >= 4 is 5.78 Å². The van der Waals surface area contributed by atoms with Crippen molar-refractivity contribution < 1.29 is 9.53 Å². The van der Waals surface area contributed by atoms with Gasteiger partial charge in [-0.15, -0.1) is 0 Å². The fourth-order valence-electron chi connectivity index (χ4n) is 2.39. The summed E-state index contributed by atoms with van der Waals surface area (Å²) in [6, 6.07) is 2.38. The van der Waals surface area contributed by atoms with Crippen molar-refractivity contribution in [3.8, 4) is 0 Å². The summed E-state index contributed by atoms with van der Waals surface area (Å²) in [5, 5.41) is 0. The Bertz CT molecular complexity index is 381. The van der Waals surface area contributed by atoms with E-state index in [-0.39, 0.29) is 0 Å². The van der Waals surface area contributed by atoms with E-state index in [1.807, 2.05) is 12.3 Å². The molecule has 2 rings (SSSR count). The van der Waals surface area contributed by atoms with Crippen LogP contribution in [0, 0.1) is 0 Å². The van der Waals surface area contributed by atoms with Crippen LogP contribution in [0.1, 0.15) is 48.3 Å². The lowest BCUT2D eigenvalue weighted by Gasteiger charge is -2.20. The quantitative estimate of drug-likeness (QED) is 0.782. The Balaban J connectivity index is 2.19. The molecule has 1 unspecified atom stereocenters. The lowest BCUT2D eigenvalue weighted by molar-refractivity contribution is 0.0971. The molecule has 1 aliphatic rings. The molecule has 0 saturated carbocycles. The number of nitrogens with zero attached hydrogens (tertiary/aromatic N) is 1. The third-order valence-corrected chi connectivity index (χ3v) is 3.36. The van der Waals surface area contributed by atoms with Crippen LogP contribution < -0.4 is 0 Å². The van der Waals surface area contributed by atoms with Crippen LogP contribution in [0.15, 0.2) is 12.3 Å². The third kappa shape index (κ3) is 2.05. The van der Waals surface area contributed by atoms with Gasteiger partial charge in [-0.3, -0.25) is 4.79 Å². The lowest BCUT2D eigenvalue weighted by atomic mass is 9.96. The zero-order valence-electron chi connectivity index (χ0n) is 10.0. The number of fused-ring (bicyclic) bond motifs is 1. The molecule has 88 valence electrons. The Labute approximate surface area is 96.4 Å². The molecule has 0 aromatic carbocycles. The van der Waals surface area contributed by atoms with Crippen molar-refractivity contribution in [2.45, 2.75) is 38.6 Å². The number of rotatable bonds is 4. The number of hydrogen-bond acceptors (Lipinski definition) is 2. The maximum absolute atomic E-state index is 11.7. The van der Waals surface area contributed by atoms with Crippen LogP contribution in [0.4, 0.5) is 0 Å². The highest BCUT2D eigenvalue weighted by molar-refractivity contribution is 5.98. The van der Waals surface area contributed by atoms with Gasteiger partial charge in [0, 0.05) is 43.6 Å². The molecule has 1 aromatic heterocycles. The van der Waals surface area contributed by atoms with E-state index >= 15 is 0 Å². The summed E-state index contributed by atoms with van der Waals surface area (Å²) >= 11 is 0. The SMILES string of the molecule is COCCC(C)n1ccc2c1CCCC2=O. The number of ketones is 1. The summed E-state index contributed by atoms with van der Waals surface area (Å²) in [6.07, 6.45) is 5.78. The molecule has 3 nitrogen and oxygen atoms in total. The van der Waals surface area contributed by atoms with E-state index in [0.717, 1.165) is 31.4 Å². The fourth-order valence-corrected chi connectivity index (χ4v) is 2.39. The van der Waals surface area contributed by atoms with Gasteiger partial charge in [-0.25, -0.2) is 0 Å². The number of ether oxygens (including phenoxy) is 1. The van der Waals surface area contributed by atoms with Crippen LogP contribution in [0.5, 0.6) is 0 Å². The highest BCUT2D eigenvalue weighted by atomic mass is 16.5. The number of Topliss-reactive ketones (excluding diaryl/α,β-unsaturated/α-hetero) is 1. The van der Waals surface area contributed by atoms with Gasteiger partial charge in [0.15, 0.2) is 5.78 Å². The Morgan fingerprint density at radius 1 is 1.50 bits per heavy atom. The second-order valence-corrected chi connectivity index (χ2v) is 4.49. The predicted molar refractivity (Wildman–Crippen MR) is 62.9 cm³/mol. The topological polar surface area (TPSA) is 31.2 Å². The Hall–Kier alpha value is -1.09. The van der Waals surface area contributed by atoms with E-state index in [4.69, 9.17) is 4.74 Å². The van der Waals surface area contributed by atoms with E-state index < -0.39 is 0 Å². The average molecular weight is 221 g/mol. The van der Waals surface area contributed by atoms with Gasteiger partial charge >= 0.3 is 0 Å². The minimum absolute atomic E-state index is 0.305. The molecule has 0 bridgehead atoms. The van der Waals surface area contributed by atoms with Gasteiger partial charge in [-0.2, -0.15) is 0 Å². The molecule has 3 heteroatoms. The zero-order valence-corrected chi connectivity index (χ0v) is 10.0. The molecule has 0 aliphatic heterocycles. The number of methoxy groups -OCH3 is 1. The maximum atomic E-state index is 11.7. The monoisotopic (exact) mass is 221 g/mol. The first-order valence-corrected chi connectivity index (χ1v) is 5.96. The first-order valence-electron chi connectivity index (χ1n) is 5.96. The van der Waals surface area contributed by atoms with E-state index in [9.17, 15) is 4.79 Å². The van der Waals surface area contributed by atoms with Crippen LogP contribution >= 0.6 is 0 Å². The molecule has 16 heavy (non-hydrogen) atoms. The van der Waals surface area contributed by atoms with Gasteiger partial charge in [0.1, 0.15) is 0 Å². The van der Waals surface area contributed by atoms with E-state index in [2.05, 4.69) is 11.5 Å². The second kappa shape index (κ2) is 4.83. The van der Waals surface area contributed by atoms with Crippen molar-refractivity contribution in [3.63, 3.8) is 0 Å². The molecule has 1 aliphatic carbocycles. The summed E-state index contributed by atoms with van der Waals surface area (Å²) in [5.74, 6) is 0.305. The number of carbonyl (C=O) groups is 1. The third-order valence-electron chi connectivity index (χ3n) is 3.36. The van der Waals surface area contributed by atoms with Crippen molar-refractivity contribution in [3.05, 3.63) is 23.5 Å². The maximum Gasteiger partial charge on any atom is 0.164 e. The lowest BCUT2D eigenvalue weighted by Crippen LogP contribution is -2.16. The second-order valence-electron chi connectivity index (χ2n) is 4.49. The molecule has 0 saturated heterocycles. The smallest absolute Gasteiger partial charge is 0.164 e. The number of aromatic nitrogens is 1. The van der Waals surface area contributed by atoms with Crippen LogP contribution in [-0.4, -0.2) is 24.1 Å². The molecule has 0 radical (unpaired) electrons. The summed E-state index contributed by atoms with van der Waals surface area (Å²) in [5.41, 5.74) is 2.16. The highest BCUT2D eigenvalue weighted by Crippen LogP contribution is 2.26. The van der Waals surface area contributed by atoms with Gasteiger partial charge in [-0.1, -0.05) is 0 Å². The number of carbonyl (C=O) groups excluding carboxylic acids is 1. The van der Waals surface area contributed by atoms with E-state index in [1.54, 1.807) is 7.11 Å². The molecule has 0 spiro atoms. The summed E-state index contributed by atoms with van der Waals surface area (Å²) < 4.78 is 7.34.